The first-order chi connectivity index (χ1) is 0. The molecule has 2 radical (unpaired) electrons. The number of hydrogen-bond acceptors (Lipinski definition) is 0. The molecule has 0 amide bonds. The van der Waals surface area contributed by atoms with Crippen LogP contribution in [-0.4, -0.2) is 0 Å². The minimum atomic E-state index is 0. The van der Waals surface area contributed by atoms with Crippen LogP contribution in [0.15, 0.2) is 0 Å². The maximum Gasteiger partial charge on any atom is 0 e. The molecule has 0 aliphatic carbocycles. The standard InChI is InChI=1S/Co.Ni.Re.W. The molecule has 0 saturated heterocycles. The third-order valence-electron chi connectivity index (χ3n) is 0. The molecule has 0 aromatic carbocycles. The summed E-state index contributed by atoms with van der Waals surface area (Å²) in [5.41, 5.74) is 0. The summed E-state index contributed by atoms with van der Waals surface area (Å²) in [6.07, 6.45) is 0. The van der Waals surface area contributed by atoms with Gasteiger partial charge in [0.25, 0.3) is 0 Å². The molecule has 0 heterocycles. The Morgan fingerprint density at radius 1 is 1.00 bits per heavy atom. The molecule has 0 fully saturated rings. The second-order valence-electron chi connectivity index (χ2n) is 0. The van der Waals surface area contributed by atoms with Gasteiger partial charge in [0.15, 0.2) is 0 Å². The molecule has 0 spiro atoms. The summed E-state index contributed by atoms with van der Waals surface area (Å²) in [6, 6.07) is 0. The van der Waals surface area contributed by atoms with Crippen molar-refractivity contribution in [3.8, 4) is 0 Å². The predicted molar refractivity (Wildman–Crippen MR) is 0 cm³/mol. The van der Waals surface area contributed by atoms with Gasteiger partial charge in [0.2, 0.25) is 0 Å². The van der Waals surface area contributed by atoms with Crippen molar-refractivity contribution in [1.29, 1.82) is 0 Å². The van der Waals surface area contributed by atoms with E-state index in [4.69, 9.17) is 0 Å². The Hall–Kier alpha value is 2.35. The molecule has 4 heteroatoms. The molecule has 0 unspecified atom stereocenters. The van der Waals surface area contributed by atoms with Crippen LogP contribution in [0.1, 0.15) is 0 Å². The molecule has 0 aromatic rings. The van der Waals surface area contributed by atoms with Gasteiger partial charge in [-0.1, -0.05) is 0 Å². The Kier molecular flexibility index (Phi) is 151. The summed E-state index contributed by atoms with van der Waals surface area (Å²) in [5, 5.41) is 0. The fraction of sp³-hybridized carbons (Fsp3) is 0. The molecule has 32 valence electrons. The molecule has 0 atom stereocenters. The van der Waals surface area contributed by atoms with E-state index in [1.54, 1.807) is 0 Å². The Balaban J connectivity index is 0. The van der Waals surface area contributed by atoms with Crippen molar-refractivity contribution in [1.82, 2.24) is 0 Å². The van der Waals surface area contributed by atoms with Gasteiger partial charge < -0.3 is 0 Å². The van der Waals surface area contributed by atoms with Crippen molar-refractivity contribution in [2.24, 2.45) is 0 Å². The molecule has 4 heavy (non-hydrogen) atoms. The van der Waals surface area contributed by atoms with Gasteiger partial charge in [-0.3, -0.25) is 0 Å². The van der Waals surface area contributed by atoms with Gasteiger partial charge in [-0.2, -0.15) is 0 Å². The van der Waals surface area contributed by atoms with Crippen molar-refractivity contribution < 1.29 is 74.8 Å². The topological polar surface area (TPSA) is 0 Å². The van der Waals surface area contributed by atoms with Gasteiger partial charge in [0.05, 0.1) is 0 Å². The SMILES string of the molecule is [Co].[Ni].[Re].[W]. The van der Waals surface area contributed by atoms with Gasteiger partial charge in [-0.05, 0) is 0 Å². The monoisotopic (exact) mass is 488 g/mol. The molecule has 0 bridgehead atoms. The van der Waals surface area contributed by atoms with Gasteiger partial charge in [0, 0.05) is 74.8 Å². The third-order valence-corrected chi connectivity index (χ3v) is 0. The second-order valence-corrected chi connectivity index (χ2v) is 0. The van der Waals surface area contributed by atoms with Gasteiger partial charge in [-0.15, -0.1) is 0 Å². The van der Waals surface area contributed by atoms with Crippen LogP contribution in [0.4, 0.5) is 0 Å². The van der Waals surface area contributed by atoms with Crippen LogP contribution < -0.4 is 0 Å². The average Bonchev–Trinajstić information content (AvgIpc) is 0. The van der Waals surface area contributed by atoms with E-state index < -0.39 is 0 Å². The Morgan fingerprint density at radius 3 is 1.00 bits per heavy atom. The Morgan fingerprint density at radius 2 is 1.00 bits per heavy atom. The zero-order valence-corrected chi connectivity index (χ0v) is 9.11. The number of hydrogen-bond donors (Lipinski definition) is 0. The van der Waals surface area contributed by atoms with E-state index in [2.05, 4.69) is 0 Å². The van der Waals surface area contributed by atoms with E-state index in [-0.39, 0.29) is 74.8 Å². The first kappa shape index (κ1) is 32.9. The molecular formula is CoNiReW. The molecule has 0 saturated carbocycles. The van der Waals surface area contributed by atoms with Crippen molar-refractivity contribution in [3.05, 3.63) is 0 Å². The molecule has 0 N–H and O–H groups in total. The van der Waals surface area contributed by atoms with E-state index in [0.717, 1.165) is 0 Å². The van der Waals surface area contributed by atoms with E-state index >= 15 is 0 Å². The van der Waals surface area contributed by atoms with E-state index in [0.29, 0.717) is 0 Å². The van der Waals surface area contributed by atoms with Crippen LogP contribution in [0.5, 0.6) is 0 Å². The predicted octanol–water partition coefficient (Wildman–Crippen LogP) is -0.0100. The van der Waals surface area contributed by atoms with Crippen molar-refractivity contribution >= 4 is 0 Å². The first-order valence-electron chi connectivity index (χ1n) is 0. The van der Waals surface area contributed by atoms with E-state index in [1.165, 1.54) is 0 Å². The third kappa shape index (κ3) is 8.84. The fourth-order valence-electron chi connectivity index (χ4n) is 0. The molecule has 0 rings (SSSR count). The van der Waals surface area contributed by atoms with Crippen molar-refractivity contribution in [2.75, 3.05) is 0 Å². The van der Waals surface area contributed by atoms with Crippen LogP contribution in [0, 0.1) is 0 Å². The zero-order chi connectivity index (χ0) is 0. The minimum absolute atomic E-state index is 0. The van der Waals surface area contributed by atoms with Gasteiger partial charge in [0.1, 0.15) is 0 Å². The van der Waals surface area contributed by atoms with Crippen LogP contribution in [0.3, 0.4) is 0 Å². The largest absolute Gasteiger partial charge is 0 e. The normalized spacial score (nSPS) is 0. The van der Waals surface area contributed by atoms with Crippen LogP contribution in [0.25, 0.3) is 0 Å². The first-order valence-corrected chi connectivity index (χ1v) is 0. The minimum Gasteiger partial charge on any atom is 0 e. The van der Waals surface area contributed by atoms with Crippen LogP contribution >= 0.6 is 0 Å². The van der Waals surface area contributed by atoms with Crippen molar-refractivity contribution in [3.63, 3.8) is 0 Å². The van der Waals surface area contributed by atoms with Crippen LogP contribution in [-0.2, 0) is 74.8 Å². The Bertz CT molecular complexity index is 8.00. The number of rotatable bonds is 0. The van der Waals surface area contributed by atoms with Crippen molar-refractivity contribution in [2.45, 2.75) is 0 Å². The summed E-state index contributed by atoms with van der Waals surface area (Å²) < 4.78 is 0. The van der Waals surface area contributed by atoms with Gasteiger partial charge >= 0.3 is 0 Å². The summed E-state index contributed by atoms with van der Waals surface area (Å²) >= 11 is 0. The van der Waals surface area contributed by atoms with Gasteiger partial charge in [-0.25, -0.2) is 0 Å². The average molecular weight is 488 g/mol. The zero-order valence-electron chi connectivity index (χ0n) is 1.44. The molecular weight excluding hydrogens is 488 g/mol. The quantitative estimate of drug-likeness (QED) is 0.422. The molecule has 0 nitrogen and oxygen atoms in total. The summed E-state index contributed by atoms with van der Waals surface area (Å²) in [4.78, 5) is 0. The summed E-state index contributed by atoms with van der Waals surface area (Å²) in [7, 11) is 0. The molecule has 0 aromatic heterocycles. The molecule has 0 aliphatic rings. The summed E-state index contributed by atoms with van der Waals surface area (Å²) in [6.45, 7) is 0. The fourth-order valence-corrected chi connectivity index (χ4v) is 0. The van der Waals surface area contributed by atoms with E-state index in [9.17, 15) is 0 Å². The second kappa shape index (κ2) is 18.3. The molecule has 0 aliphatic heterocycles. The maximum absolute atomic E-state index is 0. The Labute approximate surface area is 73.9 Å². The van der Waals surface area contributed by atoms with E-state index in [1.807, 2.05) is 0 Å². The van der Waals surface area contributed by atoms with Crippen LogP contribution in [0.2, 0.25) is 0 Å². The maximum atomic E-state index is 0. The summed E-state index contributed by atoms with van der Waals surface area (Å²) in [5.74, 6) is 0. The smallest absolute Gasteiger partial charge is 0 e.